The fraction of sp³-hybridized carbons (Fsp3) is 0.333. The van der Waals surface area contributed by atoms with Gasteiger partial charge in [0.2, 0.25) is 0 Å². The minimum Gasteiger partial charge on any atom is -0.380 e. The van der Waals surface area contributed by atoms with Gasteiger partial charge >= 0.3 is 0 Å². The average Bonchev–Trinajstić information content (AvgIpc) is 2.17. The van der Waals surface area contributed by atoms with Crippen LogP contribution in [-0.4, -0.2) is 6.54 Å². The van der Waals surface area contributed by atoms with E-state index < -0.39 is 11.6 Å². The summed E-state index contributed by atoms with van der Waals surface area (Å²) >= 11 is 0. The van der Waals surface area contributed by atoms with E-state index >= 15 is 0 Å². The normalized spacial score (nSPS) is 10.1. The van der Waals surface area contributed by atoms with E-state index in [1.54, 1.807) is 6.92 Å². The summed E-state index contributed by atoms with van der Waals surface area (Å²) in [6, 6.07) is 2.69. The second kappa shape index (κ2) is 4.91. The van der Waals surface area contributed by atoms with E-state index in [2.05, 4.69) is 11.9 Å². The van der Waals surface area contributed by atoms with Crippen molar-refractivity contribution >= 4 is 5.69 Å². The van der Waals surface area contributed by atoms with E-state index in [1.807, 2.05) is 6.92 Å². The van der Waals surface area contributed by atoms with E-state index in [9.17, 15) is 8.78 Å². The third kappa shape index (κ3) is 3.05. The average molecular weight is 211 g/mol. The second-order valence-corrected chi connectivity index (χ2v) is 3.69. The fourth-order valence-electron chi connectivity index (χ4n) is 1.22. The van der Waals surface area contributed by atoms with Gasteiger partial charge in [-0.05, 0) is 31.9 Å². The molecule has 0 saturated carbocycles. The molecule has 0 aliphatic carbocycles. The first kappa shape index (κ1) is 11.7. The summed E-state index contributed by atoms with van der Waals surface area (Å²) in [7, 11) is 0. The van der Waals surface area contributed by atoms with Crippen molar-refractivity contribution in [3.8, 4) is 0 Å². The molecule has 0 heterocycles. The van der Waals surface area contributed by atoms with Gasteiger partial charge in [0, 0.05) is 6.54 Å². The Morgan fingerprint density at radius 2 is 2.07 bits per heavy atom. The van der Waals surface area contributed by atoms with Crippen LogP contribution in [0.1, 0.15) is 18.9 Å². The number of aryl methyl sites for hydroxylation is 1. The SMILES string of the molecule is C=C(C)CCNc1c(F)ccc(C)c1F. The van der Waals surface area contributed by atoms with Gasteiger partial charge in [0.05, 0.1) is 0 Å². The highest BCUT2D eigenvalue weighted by Gasteiger charge is 2.10. The van der Waals surface area contributed by atoms with E-state index in [-0.39, 0.29) is 5.69 Å². The number of anilines is 1. The lowest BCUT2D eigenvalue weighted by Crippen LogP contribution is -2.06. The van der Waals surface area contributed by atoms with Crippen LogP contribution in [-0.2, 0) is 0 Å². The summed E-state index contributed by atoms with van der Waals surface area (Å²) in [4.78, 5) is 0. The van der Waals surface area contributed by atoms with Crippen LogP contribution in [0.25, 0.3) is 0 Å². The Kier molecular flexibility index (Phi) is 3.83. The van der Waals surface area contributed by atoms with Crippen molar-refractivity contribution in [2.24, 2.45) is 0 Å². The minimum absolute atomic E-state index is 0.0451. The first-order valence-corrected chi connectivity index (χ1v) is 4.85. The molecule has 0 amide bonds. The third-order valence-electron chi connectivity index (χ3n) is 2.14. The Morgan fingerprint density at radius 3 is 2.67 bits per heavy atom. The Hall–Kier alpha value is -1.38. The van der Waals surface area contributed by atoms with Crippen molar-refractivity contribution in [2.45, 2.75) is 20.3 Å². The van der Waals surface area contributed by atoms with Crippen molar-refractivity contribution in [2.75, 3.05) is 11.9 Å². The molecule has 0 bridgehead atoms. The number of nitrogens with one attached hydrogen (secondary N) is 1. The molecule has 0 saturated heterocycles. The zero-order valence-electron chi connectivity index (χ0n) is 9.03. The van der Waals surface area contributed by atoms with Crippen molar-refractivity contribution in [1.29, 1.82) is 0 Å². The van der Waals surface area contributed by atoms with Crippen LogP contribution in [0, 0.1) is 18.6 Å². The minimum atomic E-state index is -0.556. The van der Waals surface area contributed by atoms with Crippen molar-refractivity contribution < 1.29 is 8.78 Å². The van der Waals surface area contributed by atoms with Crippen molar-refractivity contribution in [3.05, 3.63) is 41.5 Å². The van der Waals surface area contributed by atoms with Gasteiger partial charge in [-0.2, -0.15) is 0 Å². The molecule has 82 valence electrons. The standard InChI is InChI=1S/C12H15F2N/c1-8(2)6-7-15-12-10(13)5-4-9(3)11(12)14/h4-5,15H,1,6-7H2,2-3H3. The lowest BCUT2D eigenvalue weighted by molar-refractivity contribution is 0.582. The monoisotopic (exact) mass is 211 g/mol. The van der Waals surface area contributed by atoms with Gasteiger partial charge in [0.15, 0.2) is 5.82 Å². The van der Waals surface area contributed by atoms with Crippen LogP contribution in [0.5, 0.6) is 0 Å². The molecule has 1 nitrogen and oxygen atoms in total. The zero-order chi connectivity index (χ0) is 11.4. The van der Waals surface area contributed by atoms with Crippen molar-refractivity contribution in [3.63, 3.8) is 0 Å². The van der Waals surface area contributed by atoms with Gasteiger partial charge in [-0.15, -0.1) is 6.58 Å². The highest BCUT2D eigenvalue weighted by molar-refractivity contribution is 5.48. The molecule has 0 atom stereocenters. The van der Waals surface area contributed by atoms with Gasteiger partial charge in [-0.25, -0.2) is 8.78 Å². The molecule has 1 aromatic rings. The molecule has 0 fully saturated rings. The molecular weight excluding hydrogens is 196 g/mol. The molecular formula is C12H15F2N. The van der Waals surface area contributed by atoms with E-state index in [1.165, 1.54) is 12.1 Å². The molecule has 0 spiro atoms. The van der Waals surface area contributed by atoms with Crippen LogP contribution in [0.3, 0.4) is 0 Å². The van der Waals surface area contributed by atoms with Gasteiger partial charge in [-0.3, -0.25) is 0 Å². The second-order valence-electron chi connectivity index (χ2n) is 3.69. The molecule has 0 radical (unpaired) electrons. The van der Waals surface area contributed by atoms with E-state index in [0.29, 0.717) is 18.5 Å². The molecule has 15 heavy (non-hydrogen) atoms. The highest BCUT2D eigenvalue weighted by Crippen LogP contribution is 2.21. The maximum absolute atomic E-state index is 13.5. The van der Waals surface area contributed by atoms with Gasteiger partial charge in [0.25, 0.3) is 0 Å². The summed E-state index contributed by atoms with van der Waals surface area (Å²) in [6.07, 6.45) is 0.701. The predicted octanol–water partition coefficient (Wildman–Crippen LogP) is 3.65. The number of benzene rings is 1. The molecule has 0 aliphatic rings. The third-order valence-corrected chi connectivity index (χ3v) is 2.14. The first-order valence-electron chi connectivity index (χ1n) is 4.85. The van der Waals surface area contributed by atoms with Gasteiger partial charge in [0.1, 0.15) is 11.5 Å². The van der Waals surface area contributed by atoms with Crippen LogP contribution in [0.2, 0.25) is 0 Å². The molecule has 0 aliphatic heterocycles. The number of hydrogen-bond donors (Lipinski definition) is 1. The topological polar surface area (TPSA) is 12.0 Å². The van der Waals surface area contributed by atoms with Gasteiger partial charge < -0.3 is 5.32 Å². The Morgan fingerprint density at radius 1 is 1.40 bits per heavy atom. The maximum atomic E-state index is 13.5. The summed E-state index contributed by atoms with van der Waals surface area (Å²) in [5.41, 5.74) is 1.38. The van der Waals surface area contributed by atoms with Gasteiger partial charge in [-0.1, -0.05) is 11.6 Å². The van der Waals surface area contributed by atoms with E-state index in [4.69, 9.17) is 0 Å². The Bertz CT molecular complexity index is 372. The predicted molar refractivity (Wildman–Crippen MR) is 59.0 cm³/mol. The largest absolute Gasteiger partial charge is 0.380 e. The molecule has 1 rings (SSSR count). The lowest BCUT2D eigenvalue weighted by Gasteiger charge is -2.09. The number of rotatable bonds is 4. The molecule has 0 unspecified atom stereocenters. The van der Waals surface area contributed by atoms with Crippen LogP contribution >= 0.6 is 0 Å². The quantitative estimate of drug-likeness (QED) is 0.749. The lowest BCUT2D eigenvalue weighted by atomic mass is 10.2. The van der Waals surface area contributed by atoms with E-state index in [0.717, 1.165) is 5.57 Å². The summed E-state index contributed by atoms with van der Waals surface area (Å²) in [5, 5.41) is 2.74. The Labute approximate surface area is 88.8 Å². The zero-order valence-corrected chi connectivity index (χ0v) is 9.03. The molecule has 0 aromatic heterocycles. The smallest absolute Gasteiger partial charge is 0.152 e. The summed E-state index contributed by atoms with van der Waals surface area (Å²) in [6.45, 7) is 7.70. The highest BCUT2D eigenvalue weighted by atomic mass is 19.1. The fourth-order valence-corrected chi connectivity index (χ4v) is 1.22. The molecule has 1 aromatic carbocycles. The number of hydrogen-bond acceptors (Lipinski definition) is 1. The van der Waals surface area contributed by atoms with Crippen molar-refractivity contribution in [1.82, 2.24) is 0 Å². The molecule has 3 heteroatoms. The molecule has 1 N–H and O–H groups in total. The van der Waals surface area contributed by atoms with Crippen LogP contribution in [0.4, 0.5) is 14.5 Å². The first-order chi connectivity index (χ1) is 7.02. The maximum Gasteiger partial charge on any atom is 0.152 e. The summed E-state index contributed by atoms with van der Waals surface area (Å²) in [5.74, 6) is -1.07. The van der Waals surface area contributed by atoms with Crippen LogP contribution in [0.15, 0.2) is 24.3 Å². The summed E-state index contributed by atoms with van der Waals surface area (Å²) < 4.78 is 26.7. The number of halogens is 2. The Balaban J connectivity index is 2.75. The van der Waals surface area contributed by atoms with Crippen LogP contribution < -0.4 is 5.32 Å².